The van der Waals surface area contributed by atoms with Gasteiger partial charge in [-0.05, 0) is 26.3 Å². The molecule has 1 heterocycles. The van der Waals surface area contributed by atoms with Crippen molar-refractivity contribution in [2.24, 2.45) is 0 Å². The van der Waals surface area contributed by atoms with Gasteiger partial charge in [-0.2, -0.15) is 0 Å². The zero-order chi connectivity index (χ0) is 16.2. The molecule has 0 bridgehead atoms. The number of amides is 1. The Morgan fingerprint density at radius 1 is 1.32 bits per heavy atom. The number of carbonyl (C=O) groups is 1. The number of carbonyl (C=O) groups excluding carboxylic acids is 1. The highest BCUT2D eigenvalue weighted by atomic mass is 16.1. The lowest BCUT2D eigenvalue weighted by Crippen LogP contribution is -2.41. The Balaban J connectivity index is 2.33. The first-order chi connectivity index (χ1) is 10.5. The van der Waals surface area contributed by atoms with Crippen LogP contribution in [0.5, 0.6) is 0 Å². The summed E-state index contributed by atoms with van der Waals surface area (Å²) in [6.07, 6.45) is 7.27. The maximum Gasteiger partial charge on any atom is 0.254 e. The van der Waals surface area contributed by atoms with Gasteiger partial charge >= 0.3 is 0 Å². The summed E-state index contributed by atoms with van der Waals surface area (Å²) in [6, 6.07) is 8.10. The maximum atomic E-state index is 12.6. The molecule has 1 aromatic heterocycles. The molecule has 0 saturated heterocycles. The van der Waals surface area contributed by atoms with E-state index in [4.69, 9.17) is 0 Å². The normalized spacial score (nSPS) is 11.6. The minimum Gasteiger partial charge on any atom is -0.347 e. The number of benzene rings is 1. The fourth-order valence-electron chi connectivity index (χ4n) is 2.56. The van der Waals surface area contributed by atoms with Gasteiger partial charge in [-0.25, -0.2) is 0 Å². The van der Waals surface area contributed by atoms with Crippen molar-refractivity contribution in [1.82, 2.24) is 9.88 Å². The van der Waals surface area contributed by atoms with E-state index in [0.29, 0.717) is 0 Å². The van der Waals surface area contributed by atoms with Crippen LogP contribution in [0.3, 0.4) is 0 Å². The zero-order valence-electron chi connectivity index (χ0n) is 13.9. The van der Waals surface area contributed by atoms with E-state index in [1.54, 1.807) is 6.08 Å². The summed E-state index contributed by atoms with van der Waals surface area (Å²) in [7, 11) is 0. The molecule has 0 unspecified atom stereocenters. The van der Waals surface area contributed by atoms with E-state index in [1.165, 1.54) is 12.8 Å². The maximum absolute atomic E-state index is 12.6. The van der Waals surface area contributed by atoms with E-state index in [9.17, 15) is 4.79 Å². The van der Waals surface area contributed by atoms with Crippen molar-refractivity contribution in [2.75, 3.05) is 0 Å². The number of hydrogen-bond donors (Lipinski definition) is 1. The third kappa shape index (κ3) is 3.59. The number of aryl methyl sites for hydroxylation is 1. The summed E-state index contributed by atoms with van der Waals surface area (Å²) in [5, 5.41) is 4.04. The van der Waals surface area contributed by atoms with Crippen molar-refractivity contribution in [3.63, 3.8) is 0 Å². The number of rotatable bonds is 7. The molecule has 1 aromatic carbocycles. The van der Waals surface area contributed by atoms with Crippen molar-refractivity contribution < 1.29 is 4.79 Å². The highest BCUT2D eigenvalue weighted by Crippen LogP contribution is 2.22. The third-order valence-corrected chi connectivity index (χ3v) is 3.98. The lowest BCUT2D eigenvalue weighted by molar-refractivity contribution is 0.0929. The SMILES string of the molecule is C=CC(C)(C)NC(=O)c1cn(CCCCC)c2ccccc12. The molecule has 0 spiro atoms. The number of para-hydroxylation sites is 1. The first-order valence-electron chi connectivity index (χ1n) is 8.02. The summed E-state index contributed by atoms with van der Waals surface area (Å²) < 4.78 is 2.20. The molecule has 22 heavy (non-hydrogen) atoms. The van der Waals surface area contributed by atoms with Crippen molar-refractivity contribution in [3.8, 4) is 0 Å². The number of aromatic nitrogens is 1. The van der Waals surface area contributed by atoms with Crippen LogP contribution in [0.15, 0.2) is 43.1 Å². The Hall–Kier alpha value is -2.03. The van der Waals surface area contributed by atoms with Gasteiger partial charge in [0.05, 0.1) is 11.1 Å². The Bertz CT molecular complexity index is 667. The molecule has 0 radical (unpaired) electrons. The Kier molecular flexibility index (Phi) is 5.07. The second kappa shape index (κ2) is 6.82. The number of nitrogens with one attached hydrogen (secondary N) is 1. The smallest absolute Gasteiger partial charge is 0.254 e. The number of hydrogen-bond acceptors (Lipinski definition) is 1. The summed E-state index contributed by atoms with van der Waals surface area (Å²) in [6.45, 7) is 10.8. The monoisotopic (exact) mass is 298 g/mol. The largest absolute Gasteiger partial charge is 0.347 e. The fourth-order valence-corrected chi connectivity index (χ4v) is 2.56. The Morgan fingerprint density at radius 2 is 2.05 bits per heavy atom. The number of nitrogens with zero attached hydrogens (tertiary/aromatic N) is 1. The molecule has 1 amide bonds. The first-order valence-corrected chi connectivity index (χ1v) is 8.02. The van der Waals surface area contributed by atoms with Gasteiger partial charge in [0.1, 0.15) is 0 Å². The Morgan fingerprint density at radius 3 is 2.73 bits per heavy atom. The quantitative estimate of drug-likeness (QED) is 0.591. The van der Waals surface area contributed by atoms with Crippen LogP contribution in [0.4, 0.5) is 0 Å². The predicted molar refractivity (Wildman–Crippen MR) is 93.2 cm³/mol. The lowest BCUT2D eigenvalue weighted by Gasteiger charge is -2.21. The molecular formula is C19H26N2O. The molecule has 3 heteroatoms. The van der Waals surface area contributed by atoms with Gasteiger partial charge in [-0.1, -0.05) is 44.0 Å². The summed E-state index contributed by atoms with van der Waals surface area (Å²) in [5.74, 6) is -0.0460. The topological polar surface area (TPSA) is 34.0 Å². The number of fused-ring (bicyclic) bond motifs is 1. The molecule has 0 saturated carbocycles. The van der Waals surface area contributed by atoms with Crippen LogP contribution >= 0.6 is 0 Å². The summed E-state index contributed by atoms with van der Waals surface area (Å²) in [4.78, 5) is 12.6. The first kappa shape index (κ1) is 16.3. The van der Waals surface area contributed by atoms with Crippen LogP contribution in [-0.4, -0.2) is 16.0 Å². The lowest BCUT2D eigenvalue weighted by atomic mass is 10.0. The van der Waals surface area contributed by atoms with Crippen molar-refractivity contribution in [2.45, 2.75) is 52.1 Å². The second-order valence-corrected chi connectivity index (χ2v) is 6.34. The van der Waals surface area contributed by atoms with Gasteiger partial charge in [-0.15, -0.1) is 6.58 Å². The molecule has 2 aromatic rings. The fraction of sp³-hybridized carbons (Fsp3) is 0.421. The van der Waals surface area contributed by atoms with E-state index in [0.717, 1.165) is 29.4 Å². The van der Waals surface area contributed by atoms with Crippen LogP contribution < -0.4 is 5.32 Å². The molecule has 0 aliphatic heterocycles. The van der Waals surface area contributed by atoms with Crippen molar-refractivity contribution in [3.05, 3.63) is 48.7 Å². The summed E-state index contributed by atoms with van der Waals surface area (Å²) in [5.41, 5.74) is 1.45. The van der Waals surface area contributed by atoms with Gasteiger partial charge in [-0.3, -0.25) is 4.79 Å². The molecule has 0 fully saturated rings. The minimum absolute atomic E-state index is 0.0460. The standard InChI is InChI=1S/C19H26N2O/c1-5-7-10-13-21-14-16(15-11-8-9-12-17(15)21)18(22)20-19(3,4)6-2/h6,8-9,11-12,14H,2,5,7,10,13H2,1,3-4H3,(H,20,22). The second-order valence-electron chi connectivity index (χ2n) is 6.34. The molecule has 0 aliphatic rings. The van der Waals surface area contributed by atoms with E-state index in [-0.39, 0.29) is 5.91 Å². The zero-order valence-corrected chi connectivity index (χ0v) is 13.9. The predicted octanol–water partition coefficient (Wildman–Crippen LogP) is 4.53. The van der Waals surface area contributed by atoms with Gasteiger partial charge in [0.15, 0.2) is 0 Å². The van der Waals surface area contributed by atoms with Gasteiger partial charge in [0.2, 0.25) is 0 Å². The van der Waals surface area contributed by atoms with Gasteiger partial charge in [0, 0.05) is 23.6 Å². The van der Waals surface area contributed by atoms with Crippen molar-refractivity contribution >= 4 is 16.8 Å². The highest BCUT2D eigenvalue weighted by molar-refractivity contribution is 6.07. The molecular weight excluding hydrogens is 272 g/mol. The van der Waals surface area contributed by atoms with Crippen LogP contribution in [0.2, 0.25) is 0 Å². The Labute approximate surface area is 133 Å². The van der Waals surface area contributed by atoms with E-state index in [1.807, 2.05) is 38.2 Å². The van der Waals surface area contributed by atoms with Crippen LogP contribution in [0.1, 0.15) is 50.4 Å². The van der Waals surface area contributed by atoms with Crippen LogP contribution in [-0.2, 0) is 6.54 Å². The molecule has 0 aliphatic carbocycles. The average Bonchev–Trinajstić information content (AvgIpc) is 2.86. The minimum atomic E-state index is -0.414. The molecule has 3 nitrogen and oxygen atoms in total. The van der Waals surface area contributed by atoms with Crippen LogP contribution in [0.25, 0.3) is 10.9 Å². The highest BCUT2D eigenvalue weighted by Gasteiger charge is 2.20. The molecule has 2 rings (SSSR count). The van der Waals surface area contributed by atoms with Gasteiger partial charge in [0.25, 0.3) is 5.91 Å². The molecule has 1 N–H and O–H groups in total. The van der Waals surface area contributed by atoms with Crippen molar-refractivity contribution in [1.29, 1.82) is 0 Å². The van der Waals surface area contributed by atoms with E-state index in [2.05, 4.69) is 29.5 Å². The average molecular weight is 298 g/mol. The number of unbranched alkanes of at least 4 members (excludes halogenated alkanes) is 2. The van der Waals surface area contributed by atoms with Crippen LogP contribution in [0, 0.1) is 0 Å². The molecule has 0 atom stereocenters. The van der Waals surface area contributed by atoms with E-state index >= 15 is 0 Å². The third-order valence-electron chi connectivity index (χ3n) is 3.98. The van der Waals surface area contributed by atoms with Gasteiger partial charge < -0.3 is 9.88 Å². The molecule has 118 valence electrons. The van der Waals surface area contributed by atoms with E-state index < -0.39 is 5.54 Å². The summed E-state index contributed by atoms with van der Waals surface area (Å²) >= 11 is 0.